The van der Waals surface area contributed by atoms with Crippen LogP contribution < -0.4 is 10.1 Å². The van der Waals surface area contributed by atoms with Crippen LogP contribution in [-0.4, -0.2) is 27.0 Å². The van der Waals surface area contributed by atoms with Crippen molar-refractivity contribution in [1.29, 1.82) is 0 Å². The van der Waals surface area contributed by atoms with Gasteiger partial charge in [0, 0.05) is 17.3 Å². The molecule has 3 aromatic rings. The molecule has 5 heteroatoms. The predicted molar refractivity (Wildman–Crippen MR) is 93.1 cm³/mol. The van der Waals surface area contributed by atoms with E-state index < -0.39 is 0 Å². The highest BCUT2D eigenvalue weighted by Gasteiger charge is 2.19. The van der Waals surface area contributed by atoms with Crippen LogP contribution >= 0.6 is 0 Å². The molecule has 1 aromatic carbocycles. The van der Waals surface area contributed by atoms with Crippen LogP contribution in [0.2, 0.25) is 0 Å². The van der Waals surface area contributed by atoms with E-state index in [1.807, 2.05) is 37.4 Å². The van der Waals surface area contributed by atoms with Crippen LogP contribution in [0.5, 0.6) is 5.75 Å². The molecule has 0 atom stereocenters. The average molecular weight is 310 g/mol. The van der Waals surface area contributed by atoms with Crippen LogP contribution in [0.3, 0.4) is 0 Å². The van der Waals surface area contributed by atoms with Gasteiger partial charge < -0.3 is 10.1 Å². The number of nitrogens with one attached hydrogen (secondary N) is 1. The lowest BCUT2D eigenvalue weighted by Crippen LogP contribution is -2.27. The zero-order chi connectivity index (χ0) is 16.6. The van der Waals surface area contributed by atoms with Gasteiger partial charge in [-0.15, -0.1) is 0 Å². The van der Waals surface area contributed by atoms with Crippen LogP contribution in [0.15, 0.2) is 36.7 Å². The van der Waals surface area contributed by atoms with Gasteiger partial charge in [0.25, 0.3) is 0 Å². The van der Waals surface area contributed by atoms with Crippen molar-refractivity contribution in [2.24, 2.45) is 0 Å². The number of hydrogen-bond acceptors (Lipinski definition) is 4. The van der Waals surface area contributed by atoms with Gasteiger partial charge in [-0.25, -0.2) is 4.98 Å². The number of nitrogens with zero attached hydrogens (tertiary/aromatic N) is 3. The van der Waals surface area contributed by atoms with Gasteiger partial charge in [0.15, 0.2) is 5.65 Å². The molecule has 0 fully saturated rings. The SMILES string of the molecule is COc1ccc(-c2nc3cnc(C)cn3c2NC(C)(C)C)cc1. The highest BCUT2D eigenvalue weighted by atomic mass is 16.5. The van der Waals surface area contributed by atoms with Crippen molar-refractivity contribution in [2.75, 3.05) is 12.4 Å². The van der Waals surface area contributed by atoms with Crippen molar-refractivity contribution in [3.63, 3.8) is 0 Å². The van der Waals surface area contributed by atoms with Gasteiger partial charge >= 0.3 is 0 Å². The summed E-state index contributed by atoms with van der Waals surface area (Å²) in [7, 11) is 1.67. The fourth-order valence-electron chi connectivity index (χ4n) is 2.48. The van der Waals surface area contributed by atoms with Crippen molar-refractivity contribution in [2.45, 2.75) is 33.2 Å². The first-order valence-electron chi connectivity index (χ1n) is 7.65. The molecule has 0 bridgehead atoms. The van der Waals surface area contributed by atoms with Crippen LogP contribution in [-0.2, 0) is 0 Å². The summed E-state index contributed by atoms with van der Waals surface area (Å²) in [5.74, 6) is 1.81. The second-order valence-electron chi connectivity index (χ2n) is 6.67. The van der Waals surface area contributed by atoms with E-state index in [-0.39, 0.29) is 5.54 Å². The fraction of sp³-hybridized carbons (Fsp3) is 0.333. The summed E-state index contributed by atoms with van der Waals surface area (Å²) in [4.78, 5) is 9.11. The van der Waals surface area contributed by atoms with E-state index in [1.165, 1.54) is 0 Å². The Balaban J connectivity index is 2.19. The van der Waals surface area contributed by atoms with Crippen LogP contribution in [0.1, 0.15) is 26.5 Å². The largest absolute Gasteiger partial charge is 0.497 e. The predicted octanol–water partition coefficient (Wildman–Crippen LogP) is 3.92. The lowest BCUT2D eigenvalue weighted by molar-refractivity contribution is 0.415. The number of hydrogen-bond donors (Lipinski definition) is 1. The molecule has 0 spiro atoms. The molecular weight excluding hydrogens is 288 g/mol. The number of benzene rings is 1. The molecule has 120 valence electrons. The van der Waals surface area contributed by atoms with Crippen LogP contribution in [0.25, 0.3) is 16.9 Å². The quantitative estimate of drug-likeness (QED) is 0.796. The van der Waals surface area contributed by atoms with Gasteiger partial charge in [-0.3, -0.25) is 9.38 Å². The first-order valence-corrected chi connectivity index (χ1v) is 7.65. The highest BCUT2D eigenvalue weighted by Crippen LogP contribution is 2.31. The van der Waals surface area contributed by atoms with E-state index in [0.717, 1.165) is 34.2 Å². The van der Waals surface area contributed by atoms with Gasteiger partial charge in [-0.05, 0) is 52.0 Å². The summed E-state index contributed by atoms with van der Waals surface area (Å²) in [6, 6.07) is 7.94. The maximum Gasteiger partial charge on any atom is 0.157 e. The molecular formula is C18H22N4O. The third-order valence-electron chi connectivity index (χ3n) is 3.49. The summed E-state index contributed by atoms with van der Waals surface area (Å²) >= 11 is 0. The van der Waals surface area contributed by atoms with E-state index in [2.05, 4.69) is 35.5 Å². The van der Waals surface area contributed by atoms with Gasteiger partial charge in [0.1, 0.15) is 17.3 Å². The molecule has 0 unspecified atom stereocenters. The molecule has 0 aliphatic carbocycles. The Bertz CT molecular complexity index is 829. The monoisotopic (exact) mass is 310 g/mol. The Morgan fingerprint density at radius 3 is 2.43 bits per heavy atom. The minimum Gasteiger partial charge on any atom is -0.497 e. The third-order valence-corrected chi connectivity index (χ3v) is 3.49. The Labute approximate surface area is 136 Å². The number of fused-ring (bicyclic) bond motifs is 1. The average Bonchev–Trinajstić information content (AvgIpc) is 2.84. The van der Waals surface area contributed by atoms with Crippen LogP contribution in [0.4, 0.5) is 5.82 Å². The fourth-order valence-corrected chi connectivity index (χ4v) is 2.48. The van der Waals surface area contributed by atoms with Crippen molar-refractivity contribution in [3.8, 4) is 17.0 Å². The highest BCUT2D eigenvalue weighted by molar-refractivity contribution is 5.77. The number of anilines is 1. The van der Waals surface area contributed by atoms with E-state index >= 15 is 0 Å². The van der Waals surface area contributed by atoms with Crippen molar-refractivity contribution in [1.82, 2.24) is 14.4 Å². The Morgan fingerprint density at radius 2 is 1.83 bits per heavy atom. The molecule has 2 heterocycles. The Morgan fingerprint density at radius 1 is 1.13 bits per heavy atom. The Kier molecular flexibility index (Phi) is 3.72. The summed E-state index contributed by atoms with van der Waals surface area (Å²) < 4.78 is 7.30. The maximum absolute atomic E-state index is 5.24. The summed E-state index contributed by atoms with van der Waals surface area (Å²) in [6.45, 7) is 8.39. The van der Waals surface area contributed by atoms with Gasteiger partial charge in [-0.2, -0.15) is 0 Å². The van der Waals surface area contributed by atoms with Gasteiger partial charge in [0.05, 0.1) is 19.0 Å². The van der Waals surface area contributed by atoms with Crippen molar-refractivity contribution >= 4 is 11.5 Å². The number of imidazole rings is 1. The smallest absolute Gasteiger partial charge is 0.157 e. The first-order chi connectivity index (χ1) is 10.9. The van der Waals surface area contributed by atoms with Gasteiger partial charge in [0.2, 0.25) is 0 Å². The molecule has 0 saturated heterocycles. The molecule has 5 nitrogen and oxygen atoms in total. The molecule has 1 N–H and O–H groups in total. The number of aromatic nitrogens is 3. The molecule has 0 aliphatic heterocycles. The lowest BCUT2D eigenvalue weighted by atomic mass is 10.1. The number of methoxy groups -OCH3 is 1. The topological polar surface area (TPSA) is 51.5 Å². The lowest BCUT2D eigenvalue weighted by Gasteiger charge is -2.22. The second kappa shape index (κ2) is 5.57. The third kappa shape index (κ3) is 3.13. The van der Waals surface area contributed by atoms with E-state index in [0.29, 0.717) is 0 Å². The molecule has 0 amide bonds. The van der Waals surface area contributed by atoms with Crippen LogP contribution in [0, 0.1) is 6.92 Å². The second-order valence-corrected chi connectivity index (χ2v) is 6.67. The normalized spacial score (nSPS) is 11.7. The van der Waals surface area contributed by atoms with Crippen molar-refractivity contribution in [3.05, 3.63) is 42.4 Å². The maximum atomic E-state index is 5.24. The summed E-state index contributed by atoms with van der Waals surface area (Å²) in [5.41, 5.74) is 3.66. The zero-order valence-corrected chi connectivity index (χ0v) is 14.2. The molecule has 0 saturated carbocycles. The molecule has 2 aromatic heterocycles. The van der Waals surface area contributed by atoms with Gasteiger partial charge in [-0.1, -0.05) is 0 Å². The number of aryl methyl sites for hydroxylation is 1. The van der Waals surface area contributed by atoms with E-state index in [9.17, 15) is 0 Å². The van der Waals surface area contributed by atoms with E-state index in [4.69, 9.17) is 9.72 Å². The molecule has 3 rings (SSSR count). The molecule has 0 aliphatic rings. The number of rotatable bonds is 3. The summed E-state index contributed by atoms with van der Waals surface area (Å²) in [5, 5.41) is 3.57. The Hall–Kier alpha value is -2.56. The standard InChI is InChI=1S/C18H22N4O/c1-12-11-22-15(10-19-12)20-16(17(22)21-18(2,3)4)13-6-8-14(23-5)9-7-13/h6-11,21H,1-5H3. The van der Waals surface area contributed by atoms with Crippen molar-refractivity contribution < 1.29 is 4.74 Å². The molecule has 0 radical (unpaired) electrons. The zero-order valence-electron chi connectivity index (χ0n) is 14.2. The molecule has 23 heavy (non-hydrogen) atoms. The minimum atomic E-state index is -0.0750. The van der Waals surface area contributed by atoms with E-state index in [1.54, 1.807) is 13.3 Å². The summed E-state index contributed by atoms with van der Waals surface area (Å²) in [6.07, 6.45) is 3.81. The minimum absolute atomic E-state index is 0.0750. The number of ether oxygens (including phenoxy) is 1. The first kappa shape index (κ1) is 15.3.